The van der Waals surface area contributed by atoms with Gasteiger partial charge in [-0.15, -0.1) is 6.58 Å². The van der Waals surface area contributed by atoms with Crippen molar-refractivity contribution in [2.45, 2.75) is 5.92 Å². The second kappa shape index (κ2) is 6.59. The zero-order valence-corrected chi connectivity index (χ0v) is 11.1. The Kier molecular flexibility index (Phi) is 4.58. The third kappa shape index (κ3) is 3.49. The van der Waals surface area contributed by atoms with Crippen LogP contribution in [0.4, 0.5) is 0 Å². The first-order valence-electron chi connectivity index (χ1n) is 6.29. The summed E-state index contributed by atoms with van der Waals surface area (Å²) in [7, 11) is 0. The zero-order chi connectivity index (χ0) is 14.4. The summed E-state index contributed by atoms with van der Waals surface area (Å²) in [6.07, 6.45) is 5.93. The molecule has 0 heterocycles. The molecule has 20 heavy (non-hydrogen) atoms. The number of allylic oxidation sites excluding steroid dienone is 2. The molecule has 0 fully saturated rings. The third-order valence-electron chi connectivity index (χ3n) is 3.04. The number of aromatic hydroxyl groups is 1. The van der Waals surface area contributed by atoms with E-state index in [1.165, 1.54) is 0 Å². The van der Waals surface area contributed by atoms with E-state index in [0.717, 1.165) is 11.1 Å². The van der Waals surface area contributed by atoms with Crippen LogP contribution in [0.3, 0.4) is 0 Å². The summed E-state index contributed by atoms with van der Waals surface area (Å²) in [6, 6.07) is 14.6. The number of nitrogens with two attached hydrogens (primary N) is 1. The van der Waals surface area contributed by atoms with Crippen LogP contribution in [0.1, 0.15) is 17.0 Å². The molecule has 2 aromatic rings. The minimum atomic E-state index is 0.0982. The van der Waals surface area contributed by atoms with Crippen molar-refractivity contribution in [1.82, 2.24) is 0 Å². The van der Waals surface area contributed by atoms with E-state index in [4.69, 9.17) is 5.90 Å². The van der Waals surface area contributed by atoms with Crippen LogP contribution in [0.2, 0.25) is 0 Å². The molecule has 0 saturated carbocycles. The fraction of sp³-hybridized carbons (Fsp3) is 0.0588. The first-order chi connectivity index (χ1) is 9.72. The third-order valence-corrected chi connectivity index (χ3v) is 3.04. The Labute approximate surface area is 118 Å². The molecule has 3 N–H and O–H groups in total. The van der Waals surface area contributed by atoms with Gasteiger partial charge >= 0.3 is 0 Å². The van der Waals surface area contributed by atoms with E-state index in [0.29, 0.717) is 5.75 Å². The maximum atomic E-state index is 9.30. The lowest BCUT2D eigenvalue weighted by molar-refractivity contribution is 0.334. The van der Waals surface area contributed by atoms with Gasteiger partial charge in [0.1, 0.15) is 11.5 Å². The Morgan fingerprint density at radius 2 is 1.70 bits per heavy atom. The Morgan fingerprint density at radius 3 is 2.25 bits per heavy atom. The summed E-state index contributed by atoms with van der Waals surface area (Å²) in [4.78, 5) is 4.63. The summed E-state index contributed by atoms with van der Waals surface area (Å²) >= 11 is 0. The average molecular weight is 267 g/mol. The van der Waals surface area contributed by atoms with Crippen molar-refractivity contribution in [1.29, 1.82) is 0 Å². The van der Waals surface area contributed by atoms with Crippen LogP contribution < -0.4 is 10.7 Å². The van der Waals surface area contributed by atoms with Gasteiger partial charge in [-0.2, -0.15) is 5.90 Å². The van der Waals surface area contributed by atoms with Gasteiger partial charge in [-0.1, -0.05) is 42.5 Å². The molecule has 2 rings (SSSR count). The molecular formula is C17H17NO2. The van der Waals surface area contributed by atoms with Crippen molar-refractivity contribution in [3.8, 4) is 11.5 Å². The summed E-state index contributed by atoms with van der Waals surface area (Å²) < 4.78 is 0. The van der Waals surface area contributed by atoms with E-state index in [2.05, 4.69) is 17.5 Å². The van der Waals surface area contributed by atoms with Gasteiger partial charge in [0.15, 0.2) is 0 Å². The average Bonchev–Trinajstić information content (AvgIpc) is 2.50. The highest BCUT2D eigenvalue weighted by Gasteiger charge is 2.03. The molecule has 0 amide bonds. The summed E-state index contributed by atoms with van der Waals surface area (Å²) in [5, 5.41) is 9.30. The van der Waals surface area contributed by atoms with E-state index in [1.54, 1.807) is 12.1 Å². The summed E-state index contributed by atoms with van der Waals surface area (Å²) in [5.41, 5.74) is 2.13. The molecule has 102 valence electrons. The molecule has 3 nitrogen and oxygen atoms in total. The van der Waals surface area contributed by atoms with E-state index < -0.39 is 0 Å². The van der Waals surface area contributed by atoms with Crippen LogP contribution in [0.25, 0.3) is 6.08 Å². The van der Waals surface area contributed by atoms with Crippen molar-refractivity contribution in [2.24, 2.45) is 5.90 Å². The highest BCUT2D eigenvalue weighted by Crippen LogP contribution is 2.22. The number of rotatable bonds is 5. The van der Waals surface area contributed by atoms with Crippen molar-refractivity contribution in [2.75, 3.05) is 0 Å². The maximum absolute atomic E-state index is 9.30. The second-order valence-corrected chi connectivity index (χ2v) is 4.40. The monoisotopic (exact) mass is 267 g/mol. The van der Waals surface area contributed by atoms with Crippen molar-refractivity contribution in [3.63, 3.8) is 0 Å². The molecule has 0 bridgehead atoms. The van der Waals surface area contributed by atoms with E-state index in [9.17, 15) is 5.11 Å². The van der Waals surface area contributed by atoms with E-state index in [1.807, 2.05) is 48.6 Å². The number of phenols is 1. The predicted molar refractivity (Wildman–Crippen MR) is 81.3 cm³/mol. The molecule has 0 aliphatic carbocycles. The summed E-state index contributed by atoms with van der Waals surface area (Å²) in [5.74, 6) is 6.07. The molecular weight excluding hydrogens is 250 g/mol. The lowest BCUT2D eigenvalue weighted by atomic mass is 9.98. The maximum Gasteiger partial charge on any atom is 0.146 e. The molecule has 0 spiro atoms. The Balaban J connectivity index is 2.14. The highest BCUT2D eigenvalue weighted by atomic mass is 16.6. The number of benzene rings is 2. The lowest BCUT2D eigenvalue weighted by Crippen LogP contribution is -2.01. The van der Waals surface area contributed by atoms with Crippen LogP contribution in [0.15, 0.2) is 67.3 Å². The van der Waals surface area contributed by atoms with Crippen LogP contribution in [0, 0.1) is 0 Å². The summed E-state index contributed by atoms with van der Waals surface area (Å²) in [6.45, 7) is 3.85. The topological polar surface area (TPSA) is 55.5 Å². The molecule has 1 atom stereocenters. The minimum absolute atomic E-state index is 0.0982. The van der Waals surface area contributed by atoms with Crippen molar-refractivity contribution in [3.05, 3.63) is 78.4 Å². The highest BCUT2D eigenvalue weighted by molar-refractivity contribution is 5.53. The number of phenolic OH excluding ortho intramolecular Hbond substituents is 1. The van der Waals surface area contributed by atoms with Gasteiger partial charge in [-0.25, -0.2) is 0 Å². The smallest absolute Gasteiger partial charge is 0.146 e. The Morgan fingerprint density at radius 1 is 1.05 bits per heavy atom. The normalized spacial score (nSPS) is 12.2. The molecule has 1 unspecified atom stereocenters. The quantitative estimate of drug-likeness (QED) is 0.642. The first-order valence-corrected chi connectivity index (χ1v) is 6.29. The SMILES string of the molecule is C=CC(C=Cc1ccc(ON)cc1)c1ccc(O)cc1. The second-order valence-electron chi connectivity index (χ2n) is 4.40. The molecule has 0 radical (unpaired) electrons. The van der Waals surface area contributed by atoms with E-state index >= 15 is 0 Å². The van der Waals surface area contributed by atoms with Gasteiger partial charge < -0.3 is 9.94 Å². The zero-order valence-electron chi connectivity index (χ0n) is 11.1. The molecule has 0 saturated heterocycles. The fourth-order valence-electron chi connectivity index (χ4n) is 1.89. The van der Waals surface area contributed by atoms with Gasteiger partial charge in [0, 0.05) is 5.92 Å². The minimum Gasteiger partial charge on any atom is -0.508 e. The van der Waals surface area contributed by atoms with Crippen LogP contribution >= 0.6 is 0 Å². The van der Waals surface area contributed by atoms with Gasteiger partial charge in [-0.05, 0) is 35.4 Å². The molecule has 0 aromatic heterocycles. The Bertz CT molecular complexity index is 585. The van der Waals surface area contributed by atoms with Crippen LogP contribution in [-0.2, 0) is 0 Å². The van der Waals surface area contributed by atoms with Crippen molar-refractivity contribution < 1.29 is 9.94 Å². The van der Waals surface area contributed by atoms with Gasteiger partial charge in [0.25, 0.3) is 0 Å². The fourth-order valence-corrected chi connectivity index (χ4v) is 1.89. The van der Waals surface area contributed by atoms with Gasteiger partial charge in [0.05, 0.1) is 0 Å². The van der Waals surface area contributed by atoms with Crippen LogP contribution in [0.5, 0.6) is 11.5 Å². The van der Waals surface area contributed by atoms with Crippen LogP contribution in [-0.4, -0.2) is 5.11 Å². The Hall–Kier alpha value is -2.52. The molecule has 3 heteroatoms. The van der Waals surface area contributed by atoms with Gasteiger partial charge in [-0.3, -0.25) is 0 Å². The van der Waals surface area contributed by atoms with Gasteiger partial charge in [0.2, 0.25) is 0 Å². The predicted octanol–water partition coefficient (Wildman–Crippen LogP) is 3.63. The lowest BCUT2D eigenvalue weighted by Gasteiger charge is -2.08. The standard InChI is InChI=1S/C17H17NO2/c1-2-14(15-7-9-16(19)10-8-15)6-3-13-4-11-17(20-18)12-5-13/h2-12,14,19H,1,18H2. The molecule has 2 aromatic carbocycles. The van der Waals surface area contributed by atoms with Crippen molar-refractivity contribution >= 4 is 6.08 Å². The molecule has 0 aliphatic rings. The first kappa shape index (κ1) is 13.9. The van der Waals surface area contributed by atoms with E-state index in [-0.39, 0.29) is 11.7 Å². The molecule has 0 aliphatic heterocycles. The number of hydrogen-bond acceptors (Lipinski definition) is 3. The number of hydrogen-bond donors (Lipinski definition) is 2. The largest absolute Gasteiger partial charge is 0.508 e.